The Morgan fingerprint density at radius 2 is 2.11 bits per heavy atom. The molecule has 1 aliphatic heterocycles. The molecular weight excluding hydrogens is 323 g/mol. The van der Waals surface area contributed by atoms with Crippen LogP contribution >= 0.6 is 47.2 Å². The van der Waals surface area contributed by atoms with Crippen LogP contribution in [0.1, 0.15) is 5.56 Å². The number of carbonyl (C=O) groups excluding carboxylic acids is 1. The van der Waals surface area contributed by atoms with Gasteiger partial charge in [0.15, 0.2) is 0 Å². The Balaban J connectivity index is 2.27. The fourth-order valence-corrected chi connectivity index (χ4v) is 3.22. The van der Waals surface area contributed by atoms with E-state index < -0.39 is 0 Å². The normalized spacial score (nSPS) is 17.6. The van der Waals surface area contributed by atoms with Crippen LogP contribution in [0.3, 0.4) is 0 Å². The highest BCUT2D eigenvalue weighted by atomic mass is 35.5. The molecular formula is C12H11Cl2N2OS2+. The number of rotatable bonds is 3. The molecule has 0 unspecified atom stereocenters. The standard InChI is InChI=1S/C12H10Cl2N2OS2/c13-8-2-1-7(5-9(8)14)6-10-11(17)16(4-3-15)12(18)19-10/h1-2,5-6H,3-4,15H2/p+1/b10-6+. The molecule has 3 nitrogen and oxygen atoms in total. The molecule has 1 aromatic rings. The van der Waals surface area contributed by atoms with Crippen molar-refractivity contribution >= 4 is 63.5 Å². The van der Waals surface area contributed by atoms with Gasteiger partial charge in [-0.25, -0.2) is 0 Å². The third-order valence-corrected chi connectivity index (χ3v) is 4.61. The van der Waals surface area contributed by atoms with Crippen LogP contribution in [0.25, 0.3) is 6.08 Å². The first-order valence-corrected chi connectivity index (χ1v) is 7.50. The van der Waals surface area contributed by atoms with Crippen molar-refractivity contribution in [3.05, 3.63) is 38.7 Å². The molecule has 1 saturated heterocycles. The van der Waals surface area contributed by atoms with Crippen molar-refractivity contribution < 1.29 is 10.5 Å². The molecule has 0 bridgehead atoms. The summed E-state index contributed by atoms with van der Waals surface area (Å²) < 4.78 is 0.569. The Morgan fingerprint density at radius 3 is 2.74 bits per heavy atom. The molecule has 1 fully saturated rings. The number of hydrogen-bond donors (Lipinski definition) is 1. The van der Waals surface area contributed by atoms with Crippen LogP contribution in [0.5, 0.6) is 0 Å². The molecule has 0 saturated carbocycles. The molecule has 1 aromatic carbocycles. The van der Waals surface area contributed by atoms with E-state index in [1.165, 1.54) is 11.8 Å². The van der Waals surface area contributed by atoms with E-state index in [-0.39, 0.29) is 5.91 Å². The highest BCUT2D eigenvalue weighted by molar-refractivity contribution is 8.26. The Labute approximate surface area is 130 Å². The number of halogens is 2. The zero-order valence-electron chi connectivity index (χ0n) is 9.86. The molecule has 0 aliphatic carbocycles. The minimum absolute atomic E-state index is 0.0790. The molecule has 0 atom stereocenters. The van der Waals surface area contributed by atoms with Gasteiger partial charge in [-0.1, -0.05) is 53.2 Å². The number of nitrogens with zero attached hydrogens (tertiary/aromatic N) is 1. The van der Waals surface area contributed by atoms with Crippen LogP contribution in [0, 0.1) is 0 Å². The maximum Gasteiger partial charge on any atom is 0.266 e. The molecule has 19 heavy (non-hydrogen) atoms. The zero-order chi connectivity index (χ0) is 14.0. The number of thioether (sulfide) groups is 1. The average molecular weight is 334 g/mol. The van der Waals surface area contributed by atoms with Crippen molar-refractivity contribution in [3.8, 4) is 0 Å². The molecule has 0 spiro atoms. The van der Waals surface area contributed by atoms with Gasteiger partial charge in [0, 0.05) is 0 Å². The maximum absolute atomic E-state index is 12.1. The van der Waals surface area contributed by atoms with Crippen LogP contribution in [0.2, 0.25) is 10.0 Å². The lowest BCUT2D eigenvalue weighted by Gasteiger charge is -2.10. The van der Waals surface area contributed by atoms with E-state index in [0.29, 0.717) is 32.4 Å². The van der Waals surface area contributed by atoms with E-state index in [1.54, 1.807) is 23.1 Å². The number of hydrogen-bond acceptors (Lipinski definition) is 3. The number of quaternary nitrogens is 1. The number of carbonyl (C=O) groups is 1. The monoisotopic (exact) mass is 333 g/mol. The predicted molar refractivity (Wildman–Crippen MR) is 84.1 cm³/mol. The smallest absolute Gasteiger partial charge is 0.266 e. The summed E-state index contributed by atoms with van der Waals surface area (Å²) in [5.74, 6) is -0.0790. The van der Waals surface area contributed by atoms with Crippen molar-refractivity contribution in [1.82, 2.24) is 4.90 Å². The topological polar surface area (TPSA) is 48.0 Å². The first-order chi connectivity index (χ1) is 9.02. The van der Waals surface area contributed by atoms with Gasteiger partial charge in [0.1, 0.15) is 4.32 Å². The molecule has 2 rings (SSSR count). The summed E-state index contributed by atoms with van der Waals surface area (Å²) >= 11 is 18.3. The summed E-state index contributed by atoms with van der Waals surface area (Å²) in [6, 6.07) is 5.23. The molecule has 0 aromatic heterocycles. The van der Waals surface area contributed by atoms with Crippen LogP contribution in [0.15, 0.2) is 23.1 Å². The van der Waals surface area contributed by atoms with E-state index in [0.717, 1.165) is 5.56 Å². The first kappa shape index (κ1) is 14.8. The van der Waals surface area contributed by atoms with E-state index in [2.05, 4.69) is 5.73 Å². The second-order valence-electron chi connectivity index (χ2n) is 3.86. The van der Waals surface area contributed by atoms with Crippen molar-refractivity contribution in [2.45, 2.75) is 0 Å². The summed E-state index contributed by atoms with van der Waals surface area (Å²) in [5.41, 5.74) is 4.56. The van der Waals surface area contributed by atoms with E-state index >= 15 is 0 Å². The third-order valence-electron chi connectivity index (χ3n) is 2.50. The number of thiocarbonyl (C=S) groups is 1. The molecule has 1 amide bonds. The van der Waals surface area contributed by atoms with Crippen molar-refractivity contribution in [1.29, 1.82) is 0 Å². The second kappa shape index (κ2) is 6.24. The Hall–Kier alpha value is -0.590. The molecule has 100 valence electrons. The zero-order valence-corrected chi connectivity index (χ0v) is 13.0. The van der Waals surface area contributed by atoms with Gasteiger partial charge in [-0.05, 0) is 23.8 Å². The minimum atomic E-state index is -0.0790. The van der Waals surface area contributed by atoms with Crippen LogP contribution < -0.4 is 5.73 Å². The third kappa shape index (κ3) is 3.30. The lowest BCUT2D eigenvalue weighted by atomic mass is 10.2. The fourth-order valence-electron chi connectivity index (χ4n) is 1.60. The predicted octanol–water partition coefficient (Wildman–Crippen LogP) is 2.44. The van der Waals surface area contributed by atoms with Crippen molar-refractivity contribution in [3.63, 3.8) is 0 Å². The largest absolute Gasteiger partial charge is 0.356 e. The van der Waals surface area contributed by atoms with Gasteiger partial charge in [-0.3, -0.25) is 9.69 Å². The molecule has 1 aliphatic rings. The van der Waals surface area contributed by atoms with Gasteiger partial charge in [-0.2, -0.15) is 0 Å². The van der Waals surface area contributed by atoms with E-state index in [4.69, 9.17) is 35.4 Å². The lowest BCUT2D eigenvalue weighted by molar-refractivity contribution is -0.367. The minimum Gasteiger partial charge on any atom is -0.356 e. The van der Waals surface area contributed by atoms with Gasteiger partial charge < -0.3 is 5.73 Å². The lowest BCUT2D eigenvalue weighted by Crippen LogP contribution is -2.55. The summed E-state index contributed by atoms with van der Waals surface area (Å²) in [6.07, 6.45) is 1.77. The van der Waals surface area contributed by atoms with E-state index in [9.17, 15) is 4.79 Å². The summed E-state index contributed by atoms with van der Waals surface area (Å²) in [5, 5.41) is 0.951. The van der Waals surface area contributed by atoms with Crippen LogP contribution in [-0.2, 0) is 4.79 Å². The van der Waals surface area contributed by atoms with Crippen molar-refractivity contribution in [2.75, 3.05) is 13.1 Å². The Bertz CT molecular complexity index is 575. The van der Waals surface area contributed by atoms with Gasteiger partial charge in [0.25, 0.3) is 5.91 Å². The SMILES string of the molecule is [NH3+]CCN1C(=O)/C(=C\c2ccc(Cl)c(Cl)c2)SC1=S. The summed E-state index contributed by atoms with van der Waals surface area (Å²) in [7, 11) is 0. The van der Waals surface area contributed by atoms with Gasteiger partial charge >= 0.3 is 0 Å². The van der Waals surface area contributed by atoms with Gasteiger partial charge in [0.2, 0.25) is 0 Å². The van der Waals surface area contributed by atoms with Crippen molar-refractivity contribution in [2.24, 2.45) is 0 Å². The van der Waals surface area contributed by atoms with E-state index in [1.807, 2.05) is 6.07 Å². The van der Waals surface area contributed by atoms with Gasteiger partial charge in [-0.15, -0.1) is 0 Å². The summed E-state index contributed by atoms with van der Waals surface area (Å²) in [6.45, 7) is 1.18. The number of benzene rings is 1. The molecule has 7 heteroatoms. The maximum atomic E-state index is 12.1. The van der Waals surface area contributed by atoms with Crippen LogP contribution in [0.4, 0.5) is 0 Å². The molecule has 0 radical (unpaired) electrons. The second-order valence-corrected chi connectivity index (χ2v) is 6.35. The average Bonchev–Trinajstić information content (AvgIpc) is 2.62. The highest BCUT2D eigenvalue weighted by Gasteiger charge is 2.31. The number of amides is 1. The first-order valence-electron chi connectivity index (χ1n) is 5.52. The molecule has 3 N–H and O–H groups in total. The Morgan fingerprint density at radius 1 is 1.37 bits per heavy atom. The highest BCUT2D eigenvalue weighted by Crippen LogP contribution is 2.33. The van der Waals surface area contributed by atoms with Crippen LogP contribution in [-0.4, -0.2) is 28.2 Å². The molecule has 1 heterocycles. The van der Waals surface area contributed by atoms with Gasteiger partial charge in [0.05, 0.1) is 28.0 Å². The fraction of sp³-hybridized carbons (Fsp3) is 0.167. The quantitative estimate of drug-likeness (QED) is 0.682. The Kier molecular flexibility index (Phi) is 4.86. The summed E-state index contributed by atoms with van der Waals surface area (Å²) in [4.78, 5) is 14.3.